The van der Waals surface area contributed by atoms with Crippen molar-refractivity contribution in [2.45, 2.75) is 26.4 Å². The normalized spacial score (nSPS) is 11.9. The number of carbonyl (C=O) groups excluding carboxylic acids is 2. The van der Waals surface area contributed by atoms with Crippen molar-refractivity contribution in [3.8, 4) is 0 Å². The van der Waals surface area contributed by atoms with Gasteiger partial charge in [0, 0.05) is 19.2 Å². The Morgan fingerprint density at radius 2 is 1.96 bits per heavy atom. The molecule has 0 unspecified atom stereocenters. The Labute approximate surface area is 145 Å². The summed E-state index contributed by atoms with van der Waals surface area (Å²) in [6.07, 6.45) is 1.69. The highest BCUT2D eigenvalue weighted by Gasteiger charge is 2.16. The van der Waals surface area contributed by atoms with Crippen LogP contribution in [0, 0.1) is 0 Å². The summed E-state index contributed by atoms with van der Waals surface area (Å²) in [4.78, 5) is 27.9. The molecule has 2 aromatic carbocycles. The molecule has 0 bridgehead atoms. The van der Waals surface area contributed by atoms with Gasteiger partial charge in [0.25, 0.3) is 0 Å². The van der Waals surface area contributed by atoms with Crippen LogP contribution in [0.2, 0.25) is 0 Å². The summed E-state index contributed by atoms with van der Waals surface area (Å²) in [6.45, 7) is 3.70. The molecule has 128 valence electrons. The molecule has 1 aromatic heterocycles. The Morgan fingerprint density at radius 3 is 2.76 bits per heavy atom. The number of imidazole rings is 1. The molecule has 0 aliphatic rings. The summed E-state index contributed by atoms with van der Waals surface area (Å²) in [6, 6.07) is 14.8. The molecule has 0 radical (unpaired) electrons. The average molecular weight is 336 g/mol. The number of rotatable bonds is 5. The zero-order valence-electron chi connectivity index (χ0n) is 14.2. The average Bonchev–Trinajstić information content (AvgIpc) is 3.03. The molecule has 1 atom stereocenters. The molecule has 2 amide bonds. The van der Waals surface area contributed by atoms with Gasteiger partial charge in [-0.3, -0.25) is 9.59 Å². The summed E-state index contributed by atoms with van der Waals surface area (Å²) >= 11 is 0. The van der Waals surface area contributed by atoms with E-state index in [1.54, 1.807) is 6.33 Å². The zero-order valence-corrected chi connectivity index (χ0v) is 14.2. The highest BCUT2D eigenvalue weighted by atomic mass is 16.2. The second-order valence-corrected chi connectivity index (χ2v) is 5.92. The summed E-state index contributed by atoms with van der Waals surface area (Å²) in [7, 11) is 0. The van der Waals surface area contributed by atoms with Gasteiger partial charge in [0.05, 0.1) is 17.4 Å². The number of aromatic nitrogens is 2. The van der Waals surface area contributed by atoms with Crippen molar-refractivity contribution in [3.63, 3.8) is 0 Å². The SMILES string of the molecule is CC(=O)Nc1cccc(CNC(=O)[C@@H](C)n2cnc3ccccc32)c1. The van der Waals surface area contributed by atoms with E-state index in [9.17, 15) is 9.59 Å². The van der Waals surface area contributed by atoms with Crippen molar-refractivity contribution in [3.05, 3.63) is 60.4 Å². The number of fused-ring (bicyclic) bond motifs is 1. The lowest BCUT2D eigenvalue weighted by Crippen LogP contribution is -2.30. The Hall–Kier alpha value is -3.15. The topological polar surface area (TPSA) is 76.0 Å². The molecule has 0 fully saturated rings. The van der Waals surface area contributed by atoms with Crippen LogP contribution in [-0.4, -0.2) is 21.4 Å². The summed E-state index contributed by atoms with van der Waals surface area (Å²) in [5.41, 5.74) is 3.43. The first-order valence-electron chi connectivity index (χ1n) is 8.10. The molecule has 6 nitrogen and oxygen atoms in total. The predicted octanol–water partition coefficient (Wildman–Crippen LogP) is 2.87. The van der Waals surface area contributed by atoms with Crippen LogP contribution in [0.4, 0.5) is 5.69 Å². The molecular formula is C19H20N4O2. The molecule has 0 spiro atoms. The maximum absolute atomic E-state index is 12.5. The minimum Gasteiger partial charge on any atom is -0.350 e. The van der Waals surface area contributed by atoms with E-state index < -0.39 is 0 Å². The standard InChI is InChI=1S/C19H20N4O2/c1-13(23-12-21-17-8-3-4-9-18(17)23)19(25)20-11-15-6-5-7-16(10-15)22-14(2)24/h3-10,12-13H,11H2,1-2H3,(H,20,25)(H,22,24)/t13-/m1/s1. The minimum absolute atomic E-state index is 0.0897. The largest absolute Gasteiger partial charge is 0.350 e. The van der Waals surface area contributed by atoms with E-state index >= 15 is 0 Å². The molecule has 1 heterocycles. The Balaban J connectivity index is 1.67. The quantitative estimate of drug-likeness (QED) is 0.752. The van der Waals surface area contributed by atoms with Crippen LogP contribution in [0.3, 0.4) is 0 Å². The first kappa shape index (κ1) is 16.7. The van der Waals surface area contributed by atoms with Gasteiger partial charge in [-0.1, -0.05) is 24.3 Å². The van der Waals surface area contributed by atoms with Crippen molar-refractivity contribution in [1.29, 1.82) is 0 Å². The Bertz CT molecular complexity index is 916. The third-order valence-electron chi connectivity index (χ3n) is 3.99. The molecule has 0 aliphatic carbocycles. The number of amides is 2. The number of para-hydroxylation sites is 2. The highest BCUT2D eigenvalue weighted by Crippen LogP contribution is 2.17. The number of benzene rings is 2. The van der Waals surface area contributed by atoms with E-state index in [1.165, 1.54) is 6.92 Å². The third-order valence-corrected chi connectivity index (χ3v) is 3.99. The Morgan fingerprint density at radius 1 is 1.16 bits per heavy atom. The minimum atomic E-state index is -0.370. The van der Waals surface area contributed by atoms with Crippen molar-refractivity contribution < 1.29 is 9.59 Å². The van der Waals surface area contributed by atoms with Gasteiger partial charge in [0.15, 0.2) is 0 Å². The monoisotopic (exact) mass is 336 g/mol. The second kappa shape index (κ2) is 7.17. The Kier molecular flexibility index (Phi) is 4.79. The van der Waals surface area contributed by atoms with E-state index in [0.29, 0.717) is 12.2 Å². The van der Waals surface area contributed by atoms with Gasteiger partial charge in [-0.05, 0) is 36.8 Å². The fraction of sp³-hybridized carbons (Fsp3) is 0.211. The van der Waals surface area contributed by atoms with Crippen molar-refractivity contribution >= 4 is 28.5 Å². The van der Waals surface area contributed by atoms with E-state index in [4.69, 9.17) is 0 Å². The summed E-state index contributed by atoms with van der Waals surface area (Å²) < 4.78 is 1.86. The molecule has 0 saturated heterocycles. The molecule has 0 aliphatic heterocycles. The highest BCUT2D eigenvalue weighted by molar-refractivity contribution is 5.88. The van der Waals surface area contributed by atoms with Gasteiger partial charge >= 0.3 is 0 Å². The van der Waals surface area contributed by atoms with Crippen molar-refractivity contribution in [1.82, 2.24) is 14.9 Å². The summed E-state index contributed by atoms with van der Waals surface area (Å²) in [5, 5.41) is 5.67. The van der Waals surface area contributed by atoms with Gasteiger partial charge in [-0.2, -0.15) is 0 Å². The van der Waals surface area contributed by atoms with E-state index in [2.05, 4.69) is 15.6 Å². The van der Waals surface area contributed by atoms with Gasteiger partial charge in [-0.15, -0.1) is 0 Å². The van der Waals surface area contributed by atoms with E-state index in [1.807, 2.05) is 60.0 Å². The lowest BCUT2D eigenvalue weighted by atomic mass is 10.2. The number of nitrogens with one attached hydrogen (secondary N) is 2. The second-order valence-electron chi connectivity index (χ2n) is 5.92. The molecule has 25 heavy (non-hydrogen) atoms. The molecule has 0 saturated carbocycles. The lowest BCUT2D eigenvalue weighted by molar-refractivity contribution is -0.124. The number of hydrogen-bond acceptors (Lipinski definition) is 3. The van der Waals surface area contributed by atoms with Crippen molar-refractivity contribution in [2.75, 3.05) is 5.32 Å². The molecule has 3 rings (SSSR count). The van der Waals surface area contributed by atoms with Crippen LogP contribution >= 0.6 is 0 Å². The fourth-order valence-corrected chi connectivity index (χ4v) is 2.71. The van der Waals surface area contributed by atoms with Crippen LogP contribution in [-0.2, 0) is 16.1 Å². The molecule has 3 aromatic rings. The first-order valence-corrected chi connectivity index (χ1v) is 8.10. The maximum atomic E-state index is 12.5. The van der Waals surface area contributed by atoms with Crippen LogP contribution in [0.25, 0.3) is 11.0 Å². The molecular weight excluding hydrogens is 316 g/mol. The molecule has 6 heteroatoms. The van der Waals surface area contributed by atoms with Gasteiger partial charge < -0.3 is 15.2 Å². The lowest BCUT2D eigenvalue weighted by Gasteiger charge is -2.15. The third kappa shape index (κ3) is 3.85. The molecule has 2 N–H and O–H groups in total. The predicted molar refractivity (Wildman–Crippen MR) is 97.0 cm³/mol. The zero-order chi connectivity index (χ0) is 17.8. The van der Waals surface area contributed by atoms with E-state index in [-0.39, 0.29) is 17.9 Å². The summed E-state index contributed by atoms with van der Waals surface area (Å²) in [5.74, 6) is -0.213. The van der Waals surface area contributed by atoms with Gasteiger partial charge in [0.2, 0.25) is 11.8 Å². The number of carbonyl (C=O) groups is 2. The smallest absolute Gasteiger partial charge is 0.243 e. The van der Waals surface area contributed by atoms with E-state index in [0.717, 1.165) is 16.6 Å². The van der Waals surface area contributed by atoms with Gasteiger partial charge in [-0.25, -0.2) is 4.98 Å². The number of anilines is 1. The maximum Gasteiger partial charge on any atom is 0.243 e. The number of hydrogen-bond donors (Lipinski definition) is 2. The van der Waals surface area contributed by atoms with Crippen LogP contribution in [0.15, 0.2) is 54.9 Å². The van der Waals surface area contributed by atoms with Crippen LogP contribution in [0.5, 0.6) is 0 Å². The fourth-order valence-electron chi connectivity index (χ4n) is 2.71. The van der Waals surface area contributed by atoms with Crippen LogP contribution < -0.4 is 10.6 Å². The first-order chi connectivity index (χ1) is 12.0. The van der Waals surface area contributed by atoms with Crippen molar-refractivity contribution in [2.24, 2.45) is 0 Å². The number of nitrogens with zero attached hydrogens (tertiary/aromatic N) is 2. The van der Waals surface area contributed by atoms with Gasteiger partial charge in [0.1, 0.15) is 6.04 Å². The van der Waals surface area contributed by atoms with Crippen LogP contribution in [0.1, 0.15) is 25.5 Å².